The lowest BCUT2D eigenvalue weighted by atomic mass is 9.81. The summed E-state index contributed by atoms with van der Waals surface area (Å²) in [5.74, 6) is -0.363. The van der Waals surface area contributed by atoms with Gasteiger partial charge in [0.15, 0.2) is 0 Å². The summed E-state index contributed by atoms with van der Waals surface area (Å²) in [5, 5.41) is 11.7. The zero-order valence-corrected chi connectivity index (χ0v) is 14.5. The van der Waals surface area contributed by atoms with Crippen LogP contribution in [0.5, 0.6) is 5.75 Å². The molecule has 6 nitrogen and oxygen atoms in total. The molecular formula is C17H25NO5. The summed E-state index contributed by atoms with van der Waals surface area (Å²) in [5.41, 5.74) is 0.0993. The SMILES string of the molecule is COc1cc(NC(=O)OC(C)(C)C)ccc1C(C)(C)CC(=O)O. The minimum absolute atomic E-state index is 0.0256. The molecule has 0 fully saturated rings. The molecule has 0 heterocycles. The van der Waals surface area contributed by atoms with Crippen molar-refractivity contribution in [2.45, 2.75) is 52.1 Å². The second-order valence-electron chi connectivity index (χ2n) is 7.00. The molecule has 6 heteroatoms. The fraction of sp³-hybridized carbons (Fsp3) is 0.529. The molecule has 1 aromatic carbocycles. The van der Waals surface area contributed by atoms with Crippen molar-refractivity contribution in [1.82, 2.24) is 0 Å². The van der Waals surface area contributed by atoms with Gasteiger partial charge in [-0.2, -0.15) is 0 Å². The third-order valence-corrected chi connectivity index (χ3v) is 3.17. The van der Waals surface area contributed by atoms with Crippen LogP contribution in [-0.4, -0.2) is 29.9 Å². The van der Waals surface area contributed by atoms with Crippen molar-refractivity contribution >= 4 is 17.7 Å². The number of aliphatic carboxylic acids is 1. The molecule has 1 rings (SSSR count). The lowest BCUT2D eigenvalue weighted by Crippen LogP contribution is -2.27. The van der Waals surface area contributed by atoms with Gasteiger partial charge in [-0.05, 0) is 26.8 Å². The number of benzene rings is 1. The minimum atomic E-state index is -0.881. The van der Waals surface area contributed by atoms with Gasteiger partial charge in [0.1, 0.15) is 11.4 Å². The number of hydrogen-bond donors (Lipinski definition) is 2. The average Bonchev–Trinajstić information content (AvgIpc) is 2.34. The largest absolute Gasteiger partial charge is 0.496 e. The van der Waals surface area contributed by atoms with E-state index in [1.54, 1.807) is 39.0 Å². The number of nitrogens with one attached hydrogen (secondary N) is 1. The Morgan fingerprint density at radius 2 is 1.78 bits per heavy atom. The van der Waals surface area contributed by atoms with Crippen molar-refractivity contribution in [2.75, 3.05) is 12.4 Å². The number of hydrogen-bond acceptors (Lipinski definition) is 4. The number of carbonyl (C=O) groups is 2. The maximum absolute atomic E-state index is 11.8. The van der Waals surface area contributed by atoms with E-state index in [4.69, 9.17) is 14.6 Å². The molecule has 0 aliphatic carbocycles. The number of amides is 1. The third kappa shape index (κ3) is 5.81. The second kappa shape index (κ2) is 6.89. The molecule has 0 aliphatic heterocycles. The van der Waals surface area contributed by atoms with E-state index in [0.717, 1.165) is 5.56 Å². The van der Waals surface area contributed by atoms with Gasteiger partial charge in [-0.15, -0.1) is 0 Å². The summed E-state index contributed by atoms with van der Waals surface area (Å²) in [6.07, 6.45) is -0.584. The Hall–Kier alpha value is -2.24. The maximum Gasteiger partial charge on any atom is 0.412 e. The van der Waals surface area contributed by atoms with Gasteiger partial charge in [-0.1, -0.05) is 19.9 Å². The first-order valence-corrected chi connectivity index (χ1v) is 7.35. The Bertz CT molecular complexity index is 587. The Morgan fingerprint density at radius 1 is 1.17 bits per heavy atom. The Balaban J connectivity index is 3.01. The van der Waals surface area contributed by atoms with Crippen molar-refractivity contribution < 1.29 is 24.2 Å². The van der Waals surface area contributed by atoms with Crippen LogP contribution in [-0.2, 0) is 14.9 Å². The van der Waals surface area contributed by atoms with Crippen LogP contribution in [0.1, 0.15) is 46.6 Å². The van der Waals surface area contributed by atoms with Crippen LogP contribution >= 0.6 is 0 Å². The zero-order valence-electron chi connectivity index (χ0n) is 14.5. The number of ether oxygens (including phenoxy) is 2. The summed E-state index contributed by atoms with van der Waals surface area (Å²) < 4.78 is 10.5. The van der Waals surface area contributed by atoms with Gasteiger partial charge in [-0.3, -0.25) is 10.1 Å². The fourth-order valence-corrected chi connectivity index (χ4v) is 2.22. The van der Waals surface area contributed by atoms with E-state index < -0.39 is 23.1 Å². The van der Waals surface area contributed by atoms with E-state index >= 15 is 0 Å². The van der Waals surface area contributed by atoms with Crippen LogP contribution < -0.4 is 10.1 Å². The molecule has 128 valence electrons. The van der Waals surface area contributed by atoms with E-state index in [0.29, 0.717) is 11.4 Å². The Labute approximate surface area is 136 Å². The van der Waals surface area contributed by atoms with Crippen LogP contribution in [0, 0.1) is 0 Å². The highest BCUT2D eigenvalue weighted by Gasteiger charge is 2.28. The first-order valence-electron chi connectivity index (χ1n) is 7.35. The van der Waals surface area contributed by atoms with Gasteiger partial charge < -0.3 is 14.6 Å². The van der Waals surface area contributed by atoms with Crippen molar-refractivity contribution in [3.63, 3.8) is 0 Å². The highest BCUT2D eigenvalue weighted by Crippen LogP contribution is 2.36. The van der Waals surface area contributed by atoms with Gasteiger partial charge in [0, 0.05) is 22.7 Å². The quantitative estimate of drug-likeness (QED) is 0.861. The van der Waals surface area contributed by atoms with Crippen molar-refractivity contribution in [1.29, 1.82) is 0 Å². The first kappa shape index (κ1) is 18.8. The summed E-state index contributed by atoms with van der Waals surface area (Å²) >= 11 is 0. The smallest absolute Gasteiger partial charge is 0.412 e. The standard InChI is InChI=1S/C17H25NO5/c1-16(2,3)23-15(21)18-11-7-8-12(13(9-11)22-6)17(4,5)10-14(19)20/h7-9H,10H2,1-6H3,(H,18,21)(H,19,20). The number of carbonyl (C=O) groups excluding carboxylic acids is 1. The lowest BCUT2D eigenvalue weighted by molar-refractivity contribution is -0.138. The predicted molar refractivity (Wildman–Crippen MR) is 88.1 cm³/mol. The monoisotopic (exact) mass is 323 g/mol. The number of anilines is 1. The number of carboxylic acids is 1. The number of methoxy groups -OCH3 is 1. The zero-order chi connectivity index (χ0) is 17.8. The van der Waals surface area contributed by atoms with E-state index in [2.05, 4.69) is 5.32 Å². The molecule has 0 bridgehead atoms. The summed E-state index contributed by atoms with van der Waals surface area (Å²) in [7, 11) is 1.51. The molecule has 0 atom stereocenters. The summed E-state index contributed by atoms with van der Waals surface area (Å²) in [6, 6.07) is 5.11. The van der Waals surface area contributed by atoms with Gasteiger partial charge >= 0.3 is 12.1 Å². The second-order valence-corrected chi connectivity index (χ2v) is 7.00. The molecule has 0 aromatic heterocycles. The predicted octanol–water partition coefficient (Wildman–Crippen LogP) is 3.79. The molecule has 0 unspecified atom stereocenters. The molecule has 1 aromatic rings. The number of rotatable bonds is 5. The van der Waals surface area contributed by atoms with Crippen molar-refractivity contribution in [3.8, 4) is 5.75 Å². The summed E-state index contributed by atoms with van der Waals surface area (Å²) in [4.78, 5) is 22.8. The molecular weight excluding hydrogens is 298 g/mol. The Morgan fingerprint density at radius 3 is 2.26 bits per heavy atom. The van der Waals surface area contributed by atoms with Crippen molar-refractivity contribution in [2.24, 2.45) is 0 Å². The Kier molecular flexibility index (Phi) is 5.64. The van der Waals surface area contributed by atoms with Crippen LogP contribution in [0.25, 0.3) is 0 Å². The third-order valence-electron chi connectivity index (χ3n) is 3.17. The van der Waals surface area contributed by atoms with E-state index in [1.807, 2.05) is 13.8 Å². The van der Waals surface area contributed by atoms with E-state index in [-0.39, 0.29) is 6.42 Å². The van der Waals surface area contributed by atoms with Crippen LogP contribution in [0.3, 0.4) is 0 Å². The maximum atomic E-state index is 11.8. The van der Waals surface area contributed by atoms with E-state index in [9.17, 15) is 9.59 Å². The highest BCUT2D eigenvalue weighted by molar-refractivity contribution is 5.85. The molecule has 2 N–H and O–H groups in total. The van der Waals surface area contributed by atoms with Gasteiger partial charge in [-0.25, -0.2) is 4.79 Å². The molecule has 23 heavy (non-hydrogen) atoms. The number of carboxylic acid groups (broad SMARTS) is 1. The summed E-state index contributed by atoms with van der Waals surface area (Å²) in [6.45, 7) is 9.01. The van der Waals surface area contributed by atoms with Crippen LogP contribution in [0.4, 0.5) is 10.5 Å². The minimum Gasteiger partial charge on any atom is -0.496 e. The molecule has 0 aliphatic rings. The molecule has 0 spiro atoms. The lowest BCUT2D eigenvalue weighted by Gasteiger charge is -2.26. The topological polar surface area (TPSA) is 84.9 Å². The van der Waals surface area contributed by atoms with Gasteiger partial charge in [0.2, 0.25) is 0 Å². The molecule has 0 saturated heterocycles. The average molecular weight is 323 g/mol. The molecule has 1 amide bonds. The fourth-order valence-electron chi connectivity index (χ4n) is 2.22. The van der Waals surface area contributed by atoms with Gasteiger partial charge in [0.05, 0.1) is 13.5 Å². The van der Waals surface area contributed by atoms with Crippen LogP contribution in [0.2, 0.25) is 0 Å². The van der Waals surface area contributed by atoms with Gasteiger partial charge in [0.25, 0.3) is 0 Å². The van der Waals surface area contributed by atoms with E-state index in [1.165, 1.54) is 7.11 Å². The molecule has 0 radical (unpaired) electrons. The van der Waals surface area contributed by atoms with Crippen molar-refractivity contribution in [3.05, 3.63) is 23.8 Å². The normalized spacial score (nSPS) is 11.7. The first-order chi connectivity index (χ1) is 10.4. The highest BCUT2D eigenvalue weighted by atomic mass is 16.6. The van der Waals surface area contributed by atoms with Crippen LogP contribution in [0.15, 0.2) is 18.2 Å². The molecule has 0 saturated carbocycles.